The minimum Gasteiger partial charge on any atom is -0.396 e. The average molecular weight is 320 g/mol. The van der Waals surface area contributed by atoms with E-state index in [2.05, 4.69) is 15.7 Å². The fourth-order valence-corrected chi connectivity index (χ4v) is 2.13. The number of aliphatic hydroxyl groups is 1. The van der Waals surface area contributed by atoms with Crippen molar-refractivity contribution in [3.63, 3.8) is 0 Å². The smallest absolute Gasteiger partial charge is 0.319 e. The highest BCUT2D eigenvalue weighted by Crippen LogP contribution is 2.18. The predicted octanol–water partition coefficient (Wildman–Crippen LogP) is 2.60. The monoisotopic (exact) mass is 320 g/mol. The van der Waals surface area contributed by atoms with Crippen LogP contribution in [0.4, 0.5) is 14.9 Å². The molecule has 0 fully saturated rings. The third-order valence-corrected chi connectivity index (χ3v) is 3.35. The summed E-state index contributed by atoms with van der Waals surface area (Å²) in [7, 11) is 0. The third kappa shape index (κ3) is 4.53. The number of anilines is 1. The molecule has 0 atom stereocenters. The quantitative estimate of drug-likeness (QED) is 0.792. The molecule has 124 valence electrons. The molecule has 0 aliphatic heterocycles. The largest absolute Gasteiger partial charge is 0.396 e. The van der Waals surface area contributed by atoms with Crippen LogP contribution < -0.4 is 10.6 Å². The van der Waals surface area contributed by atoms with Crippen molar-refractivity contribution in [2.24, 2.45) is 0 Å². The second-order valence-corrected chi connectivity index (χ2v) is 6.07. The Morgan fingerprint density at radius 3 is 2.74 bits per heavy atom. The zero-order chi connectivity index (χ0) is 17.0. The molecule has 1 heterocycles. The van der Waals surface area contributed by atoms with E-state index in [1.54, 1.807) is 38.4 Å². The first-order valence-corrected chi connectivity index (χ1v) is 7.32. The van der Waals surface area contributed by atoms with Gasteiger partial charge in [-0.15, -0.1) is 0 Å². The minimum absolute atomic E-state index is 0.0279. The fourth-order valence-electron chi connectivity index (χ4n) is 2.13. The third-order valence-electron chi connectivity index (χ3n) is 3.35. The second-order valence-electron chi connectivity index (χ2n) is 6.07. The van der Waals surface area contributed by atoms with Gasteiger partial charge < -0.3 is 15.7 Å². The molecule has 23 heavy (non-hydrogen) atoms. The summed E-state index contributed by atoms with van der Waals surface area (Å²) in [5, 5.41) is 18.3. The average Bonchev–Trinajstić information content (AvgIpc) is 2.84. The van der Waals surface area contributed by atoms with Gasteiger partial charge in [-0.1, -0.05) is 0 Å². The topological polar surface area (TPSA) is 79.2 Å². The van der Waals surface area contributed by atoms with Crippen molar-refractivity contribution >= 4 is 11.7 Å². The first-order valence-electron chi connectivity index (χ1n) is 7.32. The van der Waals surface area contributed by atoms with Crippen molar-refractivity contribution < 1.29 is 14.3 Å². The molecule has 0 radical (unpaired) electrons. The van der Waals surface area contributed by atoms with Gasteiger partial charge in [-0.3, -0.25) is 0 Å². The maximum atomic E-state index is 14.2. The first-order chi connectivity index (χ1) is 10.8. The molecule has 7 heteroatoms. The number of halogens is 1. The summed E-state index contributed by atoms with van der Waals surface area (Å²) in [6.45, 7) is 5.44. The summed E-state index contributed by atoms with van der Waals surface area (Å²) < 4.78 is 15.6. The van der Waals surface area contributed by atoms with E-state index in [1.165, 1.54) is 10.7 Å². The molecule has 6 nitrogen and oxygen atoms in total. The molecule has 0 saturated heterocycles. The van der Waals surface area contributed by atoms with Crippen LogP contribution in [0.15, 0.2) is 30.6 Å². The summed E-state index contributed by atoms with van der Waals surface area (Å²) in [5.41, 5.74) is 1.03. The number of rotatable bonds is 5. The van der Waals surface area contributed by atoms with Crippen molar-refractivity contribution in [3.05, 3.63) is 42.0 Å². The van der Waals surface area contributed by atoms with Gasteiger partial charge in [0.25, 0.3) is 0 Å². The number of aliphatic hydroxyl groups excluding tert-OH is 1. The molecular weight excluding hydrogens is 299 g/mol. The van der Waals surface area contributed by atoms with E-state index in [0.29, 0.717) is 17.8 Å². The van der Waals surface area contributed by atoms with Gasteiger partial charge in [-0.25, -0.2) is 13.9 Å². The van der Waals surface area contributed by atoms with Crippen LogP contribution in [0.5, 0.6) is 0 Å². The molecule has 1 aromatic carbocycles. The van der Waals surface area contributed by atoms with Gasteiger partial charge in [0.15, 0.2) is 5.82 Å². The summed E-state index contributed by atoms with van der Waals surface area (Å²) in [6, 6.07) is 3.94. The van der Waals surface area contributed by atoms with Crippen LogP contribution in [0.25, 0.3) is 5.69 Å². The van der Waals surface area contributed by atoms with Crippen LogP contribution in [0, 0.1) is 12.7 Å². The molecule has 2 rings (SSSR count). The number of aryl methyl sites for hydroxylation is 1. The molecule has 0 unspecified atom stereocenters. The van der Waals surface area contributed by atoms with E-state index in [4.69, 9.17) is 5.11 Å². The van der Waals surface area contributed by atoms with Crippen molar-refractivity contribution in [1.29, 1.82) is 0 Å². The van der Waals surface area contributed by atoms with Crippen LogP contribution in [-0.4, -0.2) is 33.1 Å². The van der Waals surface area contributed by atoms with Crippen LogP contribution in [0.1, 0.15) is 25.8 Å². The predicted molar refractivity (Wildman–Crippen MR) is 86.2 cm³/mol. The van der Waals surface area contributed by atoms with Crippen molar-refractivity contribution in [3.8, 4) is 5.69 Å². The first kappa shape index (κ1) is 17.0. The van der Waals surface area contributed by atoms with Gasteiger partial charge >= 0.3 is 6.03 Å². The van der Waals surface area contributed by atoms with E-state index >= 15 is 0 Å². The Bertz CT molecular complexity index is 697. The highest BCUT2D eigenvalue weighted by Gasteiger charge is 2.19. The lowest BCUT2D eigenvalue weighted by atomic mass is 10.0. The van der Waals surface area contributed by atoms with Crippen molar-refractivity contribution in [2.45, 2.75) is 32.7 Å². The Balaban J connectivity index is 2.07. The zero-order valence-electron chi connectivity index (χ0n) is 13.4. The molecule has 1 aromatic heterocycles. The van der Waals surface area contributed by atoms with E-state index in [0.717, 1.165) is 5.56 Å². The van der Waals surface area contributed by atoms with E-state index in [1.807, 2.05) is 6.92 Å². The number of benzene rings is 1. The van der Waals surface area contributed by atoms with E-state index in [-0.39, 0.29) is 6.61 Å². The Morgan fingerprint density at radius 1 is 1.43 bits per heavy atom. The minimum atomic E-state index is -0.552. The molecule has 0 aliphatic carbocycles. The number of amides is 2. The van der Waals surface area contributed by atoms with Gasteiger partial charge in [0.05, 0.1) is 6.20 Å². The maximum Gasteiger partial charge on any atom is 0.319 e. The number of urea groups is 1. The summed E-state index contributed by atoms with van der Waals surface area (Å²) in [6.07, 6.45) is 3.78. The van der Waals surface area contributed by atoms with Crippen LogP contribution >= 0.6 is 0 Å². The van der Waals surface area contributed by atoms with Gasteiger partial charge in [-0.2, -0.15) is 5.10 Å². The number of carbonyl (C=O) groups excluding carboxylic acids is 1. The van der Waals surface area contributed by atoms with Crippen LogP contribution in [0.2, 0.25) is 0 Å². The molecule has 2 amide bonds. The molecule has 3 N–H and O–H groups in total. The summed E-state index contributed by atoms with van der Waals surface area (Å²) >= 11 is 0. The normalized spacial score (nSPS) is 11.3. The van der Waals surface area contributed by atoms with Crippen molar-refractivity contribution in [2.75, 3.05) is 11.9 Å². The standard InChI is InChI=1S/C16H21FN4O2/c1-11-9-18-21(10-11)14-5-4-12(8-13(14)17)19-15(23)20-16(2,3)6-7-22/h4-5,8-10,22H,6-7H2,1-3H3,(H2,19,20,23). The van der Waals surface area contributed by atoms with Crippen molar-refractivity contribution in [1.82, 2.24) is 15.1 Å². The molecule has 0 aliphatic rings. The SMILES string of the molecule is Cc1cnn(-c2ccc(NC(=O)NC(C)(C)CCO)cc2F)c1. The Labute approximate surface area is 134 Å². The number of aromatic nitrogens is 2. The number of nitrogens with one attached hydrogen (secondary N) is 2. The summed E-state index contributed by atoms with van der Waals surface area (Å²) in [4.78, 5) is 11.9. The number of hydrogen-bond donors (Lipinski definition) is 3. The number of hydrogen-bond acceptors (Lipinski definition) is 3. The lowest BCUT2D eigenvalue weighted by molar-refractivity contribution is 0.218. The second kappa shape index (κ2) is 6.78. The van der Waals surface area contributed by atoms with Gasteiger partial charge in [-0.05, 0) is 51.0 Å². The van der Waals surface area contributed by atoms with E-state index < -0.39 is 17.4 Å². The van der Waals surface area contributed by atoms with Gasteiger partial charge in [0, 0.05) is 24.0 Å². The van der Waals surface area contributed by atoms with Crippen LogP contribution in [-0.2, 0) is 0 Å². The summed E-state index contributed by atoms with van der Waals surface area (Å²) in [5.74, 6) is -0.486. The van der Waals surface area contributed by atoms with Gasteiger partial charge in [0.1, 0.15) is 5.69 Å². The molecule has 0 spiro atoms. The Kier molecular flexibility index (Phi) is 5.00. The molecule has 0 bridgehead atoms. The fraction of sp³-hybridized carbons (Fsp3) is 0.375. The molecular formula is C16H21FN4O2. The highest BCUT2D eigenvalue weighted by atomic mass is 19.1. The Morgan fingerprint density at radius 2 is 2.17 bits per heavy atom. The van der Waals surface area contributed by atoms with E-state index in [9.17, 15) is 9.18 Å². The van der Waals surface area contributed by atoms with Crippen LogP contribution in [0.3, 0.4) is 0 Å². The highest BCUT2D eigenvalue weighted by molar-refractivity contribution is 5.89. The zero-order valence-corrected chi connectivity index (χ0v) is 13.4. The molecule has 0 saturated carbocycles. The van der Waals surface area contributed by atoms with Gasteiger partial charge in [0.2, 0.25) is 0 Å². The number of carbonyl (C=O) groups is 1. The maximum absolute atomic E-state index is 14.2. The lowest BCUT2D eigenvalue weighted by Gasteiger charge is -2.25. The number of nitrogens with zero attached hydrogens (tertiary/aromatic N) is 2. The lowest BCUT2D eigenvalue weighted by Crippen LogP contribution is -2.46. The Hall–Kier alpha value is -2.41. The molecule has 2 aromatic rings.